The predicted octanol–water partition coefficient (Wildman–Crippen LogP) is 3.12. The Labute approximate surface area is 115 Å². The van der Waals surface area contributed by atoms with Crippen LogP contribution in [0.1, 0.15) is 20.3 Å². The first-order valence-corrected chi connectivity index (χ1v) is 6.76. The second kappa shape index (κ2) is 6.15. The minimum atomic E-state index is 0.590. The molecule has 0 saturated carbocycles. The number of hydrogen-bond acceptors (Lipinski definition) is 4. The summed E-state index contributed by atoms with van der Waals surface area (Å²) in [4.78, 5) is 5.78. The van der Waals surface area contributed by atoms with Gasteiger partial charge in [-0.2, -0.15) is 0 Å². The van der Waals surface area contributed by atoms with E-state index in [9.17, 15) is 0 Å². The smallest absolute Gasteiger partial charge is 0.148 e. The van der Waals surface area contributed by atoms with Crippen molar-refractivity contribution in [1.29, 1.82) is 0 Å². The van der Waals surface area contributed by atoms with Gasteiger partial charge in [0.15, 0.2) is 0 Å². The number of rotatable bonds is 5. The van der Waals surface area contributed by atoms with Crippen LogP contribution in [-0.4, -0.2) is 27.4 Å². The van der Waals surface area contributed by atoms with E-state index in [1.165, 1.54) is 6.42 Å². The van der Waals surface area contributed by atoms with Gasteiger partial charge >= 0.3 is 0 Å². The number of nitrogens with zero attached hydrogens (tertiary/aromatic N) is 1. The standard InChI is InChI=1S/C15H23NO3/c1-11(2)7-12-9-16(19-10-12)14-6-5-13(17-3)8-15(14)18-4/h5-6,8,11-12H,7,9-10H2,1-4H3. The van der Waals surface area contributed by atoms with Crippen LogP contribution >= 0.6 is 0 Å². The zero-order valence-electron chi connectivity index (χ0n) is 12.2. The summed E-state index contributed by atoms with van der Waals surface area (Å²) in [5, 5.41) is 1.94. The van der Waals surface area contributed by atoms with Gasteiger partial charge in [0.25, 0.3) is 0 Å². The Kier molecular flexibility index (Phi) is 4.53. The fraction of sp³-hybridized carbons (Fsp3) is 0.600. The minimum absolute atomic E-state index is 0.590. The molecule has 1 fully saturated rings. The average molecular weight is 265 g/mol. The van der Waals surface area contributed by atoms with Crippen LogP contribution in [0.15, 0.2) is 18.2 Å². The van der Waals surface area contributed by atoms with Crippen LogP contribution in [0.4, 0.5) is 5.69 Å². The molecular weight excluding hydrogens is 242 g/mol. The maximum Gasteiger partial charge on any atom is 0.148 e. The third kappa shape index (κ3) is 3.32. The van der Waals surface area contributed by atoms with Crippen LogP contribution in [0.5, 0.6) is 11.5 Å². The molecule has 0 aliphatic carbocycles. The lowest BCUT2D eigenvalue weighted by molar-refractivity contribution is 0.153. The van der Waals surface area contributed by atoms with Gasteiger partial charge in [0, 0.05) is 12.0 Å². The van der Waals surface area contributed by atoms with Gasteiger partial charge in [-0.05, 0) is 24.5 Å². The molecule has 0 spiro atoms. The molecule has 4 heteroatoms. The summed E-state index contributed by atoms with van der Waals surface area (Å²) in [6, 6.07) is 5.79. The molecule has 106 valence electrons. The predicted molar refractivity (Wildman–Crippen MR) is 75.8 cm³/mol. The van der Waals surface area contributed by atoms with Crippen molar-refractivity contribution >= 4 is 5.69 Å². The molecule has 1 unspecified atom stereocenters. The quantitative estimate of drug-likeness (QED) is 0.818. The topological polar surface area (TPSA) is 30.9 Å². The number of methoxy groups -OCH3 is 2. The lowest BCUT2D eigenvalue weighted by Crippen LogP contribution is -2.19. The van der Waals surface area contributed by atoms with Gasteiger partial charge in [0.05, 0.1) is 27.4 Å². The Morgan fingerprint density at radius 3 is 2.74 bits per heavy atom. The molecule has 1 saturated heterocycles. The summed E-state index contributed by atoms with van der Waals surface area (Å²) in [7, 11) is 3.32. The van der Waals surface area contributed by atoms with Crippen molar-refractivity contribution in [3.63, 3.8) is 0 Å². The van der Waals surface area contributed by atoms with Crippen molar-refractivity contribution in [2.24, 2.45) is 11.8 Å². The molecule has 0 aromatic heterocycles. The zero-order valence-corrected chi connectivity index (χ0v) is 12.2. The summed E-state index contributed by atoms with van der Waals surface area (Å²) < 4.78 is 10.6. The average Bonchev–Trinajstić information content (AvgIpc) is 2.85. The van der Waals surface area contributed by atoms with Gasteiger partial charge in [-0.1, -0.05) is 13.8 Å². The highest BCUT2D eigenvalue weighted by molar-refractivity contribution is 5.60. The van der Waals surface area contributed by atoms with Crippen molar-refractivity contribution < 1.29 is 14.3 Å². The molecular formula is C15H23NO3. The van der Waals surface area contributed by atoms with E-state index < -0.39 is 0 Å². The molecule has 0 N–H and O–H groups in total. The number of anilines is 1. The van der Waals surface area contributed by atoms with Crippen LogP contribution in [0.3, 0.4) is 0 Å². The van der Waals surface area contributed by atoms with Crippen LogP contribution in [0.2, 0.25) is 0 Å². The Morgan fingerprint density at radius 2 is 2.11 bits per heavy atom. The fourth-order valence-electron chi connectivity index (χ4n) is 2.50. The third-order valence-electron chi connectivity index (χ3n) is 3.35. The molecule has 1 heterocycles. The Morgan fingerprint density at radius 1 is 1.32 bits per heavy atom. The van der Waals surface area contributed by atoms with E-state index in [-0.39, 0.29) is 0 Å². The van der Waals surface area contributed by atoms with E-state index in [1.807, 2.05) is 23.3 Å². The molecule has 4 nitrogen and oxygen atoms in total. The first kappa shape index (κ1) is 14.0. The highest BCUT2D eigenvalue weighted by Gasteiger charge is 2.26. The summed E-state index contributed by atoms with van der Waals surface area (Å²) in [5.41, 5.74) is 0.967. The van der Waals surface area contributed by atoms with Crippen molar-refractivity contribution in [2.45, 2.75) is 20.3 Å². The molecule has 1 aliphatic heterocycles. The molecule has 0 bridgehead atoms. The van der Waals surface area contributed by atoms with Crippen molar-refractivity contribution in [3.05, 3.63) is 18.2 Å². The maximum absolute atomic E-state index is 5.78. The lowest BCUT2D eigenvalue weighted by Gasteiger charge is -2.20. The van der Waals surface area contributed by atoms with Crippen molar-refractivity contribution in [3.8, 4) is 11.5 Å². The second-order valence-corrected chi connectivity index (χ2v) is 5.39. The van der Waals surface area contributed by atoms with E-state index in [0.717, 1.165) is 30.3 Å². The van der Waals surface area contributed by atoms with Crippen LogP contribution in [0.25, 0.3) is 0 Å². The maximum atomic E-state index is 5.78. The zero-order chi connectivity index (χ0) is 13.8. The molecule has 1 atom stereocenters. The summed E-state index contributed by atoms with van der Waals surface area (Å²) in [6.07, 6.45) is 1.19. The van der Waals surface area contributed by atoms with Gasteiger partial charge in [0.2, 0.25) is 0 Å². The van der Waals surface area contributed by atoms with E-state index in [2.05, 4.69) is 13.8 Å². The van der Waals surface area contributed by atoms with Gasteiger partial charge in [-0.25, -0.2) is 0 Å². The normalized spacial score (nSPS) is 19.0. The minimum Gasteiger partial charge on any atom is -0.497 e. The highest BCUT2D eigenvalue weighted by Crippen LogP contribution is 2.35. The Hall–Kier alpha value is -1.42. The van der Waals surface area contributed by atoms with E-state index in [1.54, 1.807) is 14.2 Å². The molecule has 0 amide bonds. The van der Waals surface area contributed by atoms with Gasteiger partial charge in [-0.3, -0.25) is 9.90 Å². The van der Waals surface area contributed by atoms with Gasteiger partial charge in [-0.15, -0.1) is 0 Å². The number of hydroxylamine groups is 1. The largest absolute Gasteiger partial charge is 0.497 e. The highest BCUT2D eigenvalue weighted by atomic mass is 16.7. The van der Waals surface area contributed by atoms with Crippen molar-refractivity contribution in [2.75, 3.05) is 32.4 Å². The van der Waals surface area contributed by atoms with Gasteiger partial charge in [0.1, 0.15) is 17.2 Å². The second-order valence-electron chi connectivity index (χ2n) is 5.39. The number of hydrogen-bond donors (Lipinski definition) is 0. The molecule has 1 aliphatic rings. The molecule has 19 heavy (non-hydrogen) atoms. The number of ether oxygens (including phenoxy) is 2. The molecule has 1 aromatic rings. The van der Waals surface area contributed by atoms with E-state index >= 15 is 0 Å². The Bertz CT molecular complexity index is 420. The Balaban J connectivity index is 2.10. The van der Waals surface area contributed by atoms with Crippen LogP contribution < -0.4 is 14.5 Å². The van der Waals surface area contributed by atoms with E-state index in [4.69, 9.17) is 14.3 Å². The summed E-state index contributed by atoms with van der Waals surface area (Å²) >= 11 is 0. The summed E-state index contributed by atoms with van der Waals surface area (Å²) in [6.45, 7) is 6.20. The van der Waals surface area contributed by atoms with Crippen LogP contribution in [0, 0.1) is 11.8 Å². The first-order chi connectivity index (χ1) is 9.13. The molecule has 2 rings (SSSR count). The fourth-order valence-corrected chi connectivity index (χ4v) is 2.50. The molecule has 0 radical (unpaired) electrons. The molecule has 1 aromatic carbocycles. The van der Waals surface area contributed by atoms with Gasteiger partial charge < -0.3 is 9.47 Å². The number of benzene rings is 1. The SMILES string of the molecule is COc1ccc(N2CC(CC(C)C)CO2)c(OC)c1. The van der Waals surface area contributed by atoms with Crippen molar-refractivity contribution in [1.82, 2.24) is 0 Å². The monoisotopic (exact) mass is 265 g/mol. The first-order valence-electron chi connectivity index (χ1n) is 6.76. The van der Waals surface area contributed by atoms with Crippen LogP contribution in [-0.2, 0) is 4.84 Å². The van der Waals surface area contributed by atoms with E-state index in [0.29, 0.717) is 11.8 Å². The third-order valence-corrected chi connectivity index (χ3v) is 3.35. The summed E-state index contributed by atoms with van der Waals surface area (Å²) in [5.74, 6) is 2.86. The lowest BCUT2D eigenvalue weighted by atomic mass is 9.98.